The van der Waals surface area contributed by atoms with E-state index in [9.17, 15) is 13.2 Å². The quantitative estimate of drug-likeness (QED) is 0.521. The number of nitrogens with zero attached hydrogens (tertiary/aromatic N) is 6. The zero-order valence-corrected chi connectivity index (χ0v) is 19.4. The highest BCUT2D eigenvalue weighted by atomic mass is 35.5. The summed E-state index contributed by atoms with van der Waals surface area (Å²) in [5, 5.41) is 4.59. The number of hydrogen-bond acceptors (Lipinski definition) is 7. The van der Waals surface area contributed by atoms with Crippen LogP contribution in [-0.2, 0) is 21.4 Å². The zero-order valence-electron chi connectivity index (χ0n) is 17.8. The van der Waals surface area contributed by atoms with Crippen molar-refractivity contribution >= 4 is 33.2 Å². The molecular weight excluding hydrogens is 468 g/mol. The maximum atomic E-state index is 12.8. The highest BCUT2D eigenvalue weighted by Crippen LogP contribution is 2.32. The third kappa shape index (κ3) is 4.53. The first kappa shape index (κ1) is 22.1. The molecule has 1 aromatic carbocycles. The first-order chi connectivity index (χ1) is 15.9. The van der Waals surface area contributed by atoms with Crippen LogP contribution >= 0.6 is 11.6 Å². The minimum absolute atomic E-state index is 0.0201. The van der Waals surface area contributed by atoms with Gasteiger partial charge in [0.15, 0.2) is 10.9 Å². The molecule has 1 atom stereocenters. The summed E-state index contributed by atoms with van der Waals surface area (Å²) in [6.07, 6.45) is 5.97. The van der Waals surface area contributed by atoms with Gasteiger partial charge in [-0.25, -0.2) is 13.4 Å². The molecule has 0 aliphatic carbocycles. The minimum Gasteiger partial charge on any atom is -0.339 e. The molecular formula is C21H23ClN6O4S. The van der Waals surface area contributed by atoms with E-state index in [0.717, 1.165) is 24.9 Å². The molecule has 0 unspecified atom stereocenters. The first-order valence-electron chi connectivity index (χ1n) is 10.8. The number of imidazole rings is 1. The summed E-state index contributed by atoms with van der Waals surface area (Å²) in [4.78, 5) is 22.7. The fourth-order valence-electron chi connectivity index (χ4n) is 4.22. The summed E-state index contributed by atoms with van der Waals surface area (Å²) in [5.41, 5.74) is 0.732. The van der Waals surface area contributed by atoms with Crippen LogP contribution in [-0.4, -0.2) is 58.0 Å². The number of hydrogen-bond donors (Lipinski definition) is 0. The number of rotatable bonds is 6. The van der Waals surface area contributed by atoms with Crippen LogP contribution in [0.3, 0.4) is 0 Å². The molecule has 5 rings (SSSR count). The van der Waals surface area contributed by atoms with Crippen molar-refractivity contribution in [1.82, 2.24) is 24.0 Å². The van der Waals surface area contributed by atoms with Crippen molar-refractivity contribution in [3.8, 4) is 0 Å². The Morgan fingerprint density at radius 1 is 1.18 bits per heavy atom. The average molecular weight is 491 g/mol. The maximum Gasteiger partial charge on any atom is 0.262 e. The average Bonchev–Trinajstić information content (AvgIpc) is 3.55. The van der Waals surface area contributed by atoms with E-state index >= 15 is 0 Å². The van der Waals surface area contributed by atoms with Gasteiger partial charge in [0, 0.05) is 43.0 Å². The van der Waals surface area contributed by atoms with Gasteiger partial charge in [0.25, 0.3) is 10.0 Å². The Labute approximate surface area is 196 Å². The van der Waals surface area contributed by atoms with Crippen molar-refractivity contribution in [1.29, 1.82) is 0 Å². The van der Waals surface area contributed by atoms with Gasteiger partial charge in [0.05, 0.1) is 18.8 Å². The molecule has 2 aromatic heterocycles. The molecule has 0 saturated carbocycles. The summed E-state index contributed by atoms with van der Waals surface area (Å²) in [6.45, 7) is 1.68. The Kier molecular flexibility index (Phi) is 5.94. The summed E-state index contributed by atoms with van der Waals surface area (Å²) in [7, 11) is -3.60. The van der Waals surface area contributed by atoms with Crippen LogP contribution in [0.25, 0.3) is 0 Å². The maximum absolute atomic E-state index is 12.8. The number of piperidine rings is 1. The lowest BCUT2D eigenvalue weighted by molar-refractivity contribution is -0.117. The highest BCUT2D eigenvalue weighted by molar-refractivity contribution is 7.89. The van der Waals surface area contributed by atoms with Gasteiger partial charge in [-0.1, -0.05) is 29.2 Å². The van der Waals surface area contributed by atoms with Crippen LogP contribution in [0.5, 0.6) is 0 Å². The summed E-state index contributed by atoms with van der Waals surface area (Å²) in [5.74, 6) is 0.502. The fourth-order valence-corrected chi connectivity index (χ4v) is 5.86. The molecule has 174 valence electrons. The molecule has 2 aliphatic heterocycles. The molecule has 0 N–H and O–H groups in total. The normalized spacial score (nSPS) is 20.0. The molecule has 0 radical (unpaired) electrons. The number of aromatic nitrogens is 4. The molecule has 0 bridgehead atoms. The SMILES string of the molecule is O=C1C[C@H](c2nc(Cn3cnc(S(=O)(=O)N4CCCCC4)c3)no2)CN1c1cccc(Cl)c1. The Morgan fingerprint density at radius 3 is 2.79 bits per heavy atom. The van der Waals surface area contributed by atoms with Gasteiger partial charge in [-0.15, -0.1) is 0 Å². The molecule has 0 spiro atoms. The van der Waals surface area contributed by atoms with Gasteiger partial charge in [0.2, 0.25) is 11.8 Å². The van der Waals surface area contributed by atoms with Crippen LogP contribution in [0.2, 0.25) is 5.02 Å². The third-order valence-corrected chi connectivity index (χ3v) is 7.95. The van der Waals surface area contributed by atoms with Gasteiger partial charge >= 0.3 is 0 Å². The van der Waals surface area contributed by atoms with Crippen molar-refractivity contribution in [2.24, 2.45) is 0 Å². The lowest BCUT2D eigenvalue weighted by Gasteiger charge is -2.24. The van der Waals surface area contributed by atoms with E-state index in [1.54, 1.807) is 27.7 Å². The monoisotopic (exact) mass is 490 g/mol. The van der Waals surface area contributed by atoms with Gasteiger partial charge in [-0.2, -0.15) is 9.29 Å². The second-order valence-corrected chi connectivity index (χ2v) is 10.6. The molecule has 4 heterocycles. The first-order valence-corrected chi connectivity index (χ1v) is 12.6. The van der Waals surface area contributed by atoms with Crippen LogP contribution in [0, 0.1) is 0 Å². The number of carbonyl (C=O) groups is 1. The van der Waals surface area contributed by atoms with E-state index in [4.69, 9.17) is 16.1 Å². The number of sulfonamides is 1. The Balaban J connectivity index is 1.26. The third-order valence-electron chi connectivity index (χ3n) is 5.93. The number of amides is 1. The molecule has 3 aromatic rings. The van der Waals surface area contributed by atoms with Gasteiger partial charge in [-0.05, 0) is 31.0 Å². The lowest BCUT2D eigenvalue weighted by Crippen LogP contribution is -2.35. The van der Waals surface area contributed by atoms with E-state index in [-0.39, 0.29) is 29.8 Å². The Bertz CT molecular complexity index is 1270. The van der Waals surface area contributed by atoms with E-state index in [1.165, 1.54) is 16.8 Å². The van der Waals surface area contributed by atoms with Crippen molar-refractivity contribution in [3.05, 3.63) is 53.5 Å². The van der Waals surface area contributed by atoms with Crippen LogP contribution in [0.4, 0.5) is 5.69 Å². The van der Waals surface area contributed by atoms with Crippen molar-refractivity contribution < 1.29 is 17.7 Å². The molecule has 33 heavy (non-hydrogen) atoms. The predicted octanol–water partition coefficient (Wildman–Crippen LogP) is 2.66. The van der Waals surface area contributed by atoms with E-state index < -0.39 is 10.0 Å². The predicted molar refractivity (Wildman–Crippen MR) is 119 cm³/mol. The molecule has 2 fully saturated rings. The molecule has 2 saturated heterocycles. The number of anilines is 1. The van der Waals surface area contributed by atoms with E-state index in [2.05, 4.69) is 15.1 Å². The van der Waals surface area contributed by atoms with Crippen LogP contribution in [0.1, 0.15) is 43.3 Å². The molecule has 1 amide bonds. The van der Waals surface area contributed by atoms with Crippen molar-refractivity contribution in [2.75, 3.05) is 24.5 Å². The highest BCUT2D eigenvalue weighted by Gasteiger charge is 2.35. The Morgan fingerprint density at radius 2 is 2.00 bits per heavy atom. The molecule has 2 aliphatic rings. The van der Waals surface area contributed by atoms with Gasteiger partial charge in [-0.3, -0.25) is 4.79 Å². The number of benzene rings is 1. The van der Waals surface area contributed by atoms with E-state index in [0.29, 0.717) is 36.4 Å². The fraction of sp³-hybridized carbons (Fsp3) is 0.429. The summed E-state index contributed by atoms with van der Waals surface area (Å²) in [6, 6.07) is 7.14. The molecule has 10 nitrogen and oxygen atoms in total. The zero-order chi connectivity index (χ0) is 23.0. The van der Waals surface area contributed by atoms with Crippen LogP contribution < -0.4 is 4.90 Å². The topological polar surface area (TPSA) is 114 Å². The van der Waals surface area contributed by atoms with Gasteiger partial charge in [0.1, 0.15) is 0 Å². The van der Waals surface area contributed by atoms with Crippen molar-refractivity contribution in [2.45, 2.75) is 43.2 Å². The second-order valence-electron chi connectivity index (χ2n) is 8.28. The number of carbonyl (C=O) groups excluding carboxylic acids is 1. The smallest absolute Gasteiger partial charge is 0.262 e. The van der Waals surface area contributed by atoms with Crippen LogP contribution in [0.15, 0.2) is 46.3 Å². The minimum atomic E-state index is -3.60. The Hall–Kier alpha value is -2.76. The summed E-state index contributed by atoms with van der Waals surface area (Å²) >= 11 is 6.05. The standard InChI is InChI=1S/C21H23ClN6O4S/c22-16-5-4-6-17(10-16)28-11-15(9-20(28)29)21-24-18(25-32-21)12-26-13-19(23-14-26)33(30,31)27-7-2-1-3-8-27/h4-6,10,13-15H,1-3,7-9,11-12H2/t15-/m0/s1. The van der Waals surface area contributed by atoms with E-state index in [1.807, 2.05) is 6.07 Å². The number of halogens is 1. The summed E-state index contributed by atoms with van der Waals surface area (Å²) < 4.78 is 34.1. The second kappa shape index (κ2) is 8.88. The molecule has 12 heteroatoms. The van der Waals surface area contributed by atoms with Gasteiger partial charge < -0.3 is 14.0 Å². The largest absolute Gasteiger partial charge is 0.339 e. The lowest BCUT2D eigenvalue weighted by atomic mass is 10.1. The van der Waals surface area contributed by atoms with Crippen molar-refractivity contribution in [3.63, 3.8) is 0 Å².